The van der Waals surface area contributed by atoms with Crippen molar-refractivity contribution in [3.63, 3.8) is 0 Å². The molecule has 0 unspecified atom stereocenters. The number of aromatic amines is 1. The van der Waals surface area contributed by atoms with E-state index in [2.05, 4.69) is 45.0 Å². The highest BCUT2D eigenvalue weighted by Crippen LogP contribution is 2.19. The van der Waals surface area contributed by atoms with Crippen LogP contribution >= 0.6 is 0 Å². The maximum absolute atomic E-state index is 5.42. The van der Waals surface area contributed by atoms with Gasteiger partial charge in [-0.2, -0.15) is 10.2 Å². The molecular formula is C16H18N6. The zero-order valence-corrected chi connectivity index (χ0v) is 12.1. The molecule has 0 saturated heterocycles. The standard InChI is InChI=1S/C16H18N6/c17-19-16(20-18)12-7-9-15-13(10-12)14(21-22-15)8-6-11-4-2-1-3-5-11/h1-5,7,9-10H,6,8,17-18H2,(H,19,20)(H,21,22). The van der Waals surface area contributed by atoms with Crippen molar-refractivity contribution in [1.82, 2.24) is 15.6 Å². The maximum Gasteiger partial charge on any atom is 0.166 e. The largest absolute Gasteiger partial charge is 0.321 e. The Bertz CT molecular complexity index is 791. The monoisotopic (exact) mass is 294 g/mol. The third-order valence-electron chi connectivity index (χ3n) is 3.68. The van der Waals surface area contributed by atoms with Crippen LogP contribution in [0, 0.1) is 0 Å². The van der Waals surface area contributed by atoms with E-state index in [4.69, 9.17) is 11.7 Å². The van der Waals surface area contributed by atoms with E-state index >= 15 is 0 Å². The average molecular weight is 294 g/mol. The summed E-state index contributed by atoms with van der Waals surface area (Å²) in [6.07, 6.45) is 1.84. The predicted octanol–water partition coefficient (Wildman–Crippen LogP) is 1.43. The molecule has 3 aromatic rings. The molecule has 0 aliphatic rings. The number of aryl methyl sites for hydroxylation is 2. The Morgan fingerprint density at radius 1 is 1.14 bits per heavy atom. The summed E-state index contributed by atoms with van der Waals surface area (Å²) in [5.74, 6) is 11.2. The van der Waals surface area contributed by atoms with Gasteiger partial charge in [-0.3, -0.25) is 5.10 Å². The highest BCUT2D eigenvalue weighted by Gasteiger charge is 2.09. The Labute approximate surface area is 128 Å². The first kappa shape index (κ1) is 14.1. The normalized spacial score (nSPS) is 11.8. The molecule has 0 spiro atoms. The minimum absolute atomic E-state index is 0.442. The molecule has 6 N–H and O–H groups in total. The molecule has 0 saturated carbocycles. The number of fused-ring (bicyclic) bond motifs is 1. The van der Waals surface area contributed by atoms with Crippen molar-refractivity contribution in [1.29, 1.82) is 0 Å². The second-order valence-electron chi connectivity index (χ2n) is 5.04. The SMILES string of the molecule is N/N=C(\NN)c1ccc2n[nH]c(CCc3ccccc3)c2c1. The number of rotatable bonds is 4. The Morgan fingerprint density at radius 2 is 1.95 bits per heavy atom. The van der Waals surface area contributed by atoms with Crippen LogP contribution in [-0.2, 0) is 12.8 Å². The smallest absolute Gasteiger partial charge is 0.166 e. The molecule has 6 heteroatoms. The lowest BCUT2D eigenvalue weighted by molar-refractivity contribution is 0.901. The van der Waals surface area contributed by atoms with Gasteiger partial charge in [0.25, 0.3) is 0 Å². The molecule has 0 atom stereocenters. The van der Waals surface area contributed by atoms with Gasteiger partial charge < -0.3 is 11.3 Å². The number of hydrazine groups is 1. The first-order valence-corrected chi connectivity index (χ1v) is 7.07. The van der Waals surface area contributed by atoms with Crippen LogP contribution in [0.1, 0.15) is 16.8 Å². The zero-order chi connectivity index (χ0) is 15.4. The second-order valence-corrected chi connectivity index (χ2v) is 5.04. The van der Waals surface area contributed by atoms with E-state index in [1.54, 1.807) is 0 Å². The van der Waals surface area contributed by atoms with Crippen molar-refractivity contribution >= 4 is 16.7 Å². The lowest BCUT2D eigenvalue weighted by Gasteiger charge is -2.05. The van der Waals surface area contributed by atoms with Gasteiger partial charge in [0.15, 0.2) is 5.84 Å². The van der Waals surface area contributed by atoms with Crippen LogP contribution < -0.4 is 17.1 Å². The number of H-pyrrole nitrogens is 1. The fourth-order valence-electron chi connectivity index (χ4n) is 2.51. The summed E-state index contributed by atoms with van der Waals surface area (Å²) in [5.41, 5.74) is 6.64. The Hall–Kier alpha value is -2.86. The number of hydrazone groups is 1. The zero-order valence-electron chi connectivity index (χ0n) is 12.1. The van der Waals surface area contributed by atoms with Crippen LogP contribution in [0.5, 0.6) is 0 Å². The summed E-state index contributed by atoms with van der Waals surface area (Å²) in [4.78, 5) is 0. The maximum atomic E-state index is 5.42. The Morgan fingerprint density at radius 3 is 2.68 bits per heavy atom. The van der Waals surface area contributed by atoms with Gasteiger partial charge in [-0.25, -0.2) is 5.84 Å². The number of nitrogens with zero attached hydrogens (tertiary/aromatic N) is 2. The van der Waals surface area contributed by atoms with E-state index in [1.165, 1.54) is 5.56 Å². The number of hydrogen-bond acceptors (Lipinski definition) is 4. The molecule has 0 aliphatic carbocycles. The van der Waals surface area contributed by atoms with Gasteiger partial charge in [0.2, 0.25) is 0 Å². The van der Waals surface area contributed by atoms with Crippen molar-refractivity contribution in [3.8, 4) is 0 Å². The molecular weight excluding hydrogens is 276 g/mol. The van der Waals surface area contributed by atoms with E-state index in [-0.39, 0.29) is 0 Å². The predicted molar refractivity (Wildman–Crippen MR) is 88.0 cm³/mol. The summed E-state index contributed by atoms with van der Waals surface area (Å²) in [6.45, 7) is 0. The van der Waals surface area contributed by atoms with Gasteiger partial charge in [-0.15, -0.1) is 0 Å². The van der Waals surface area contributed by atoms with Crippen molar-refractivity contribution in [2.75, 3.05) is 0 Å². The third-order valence-corrected chi connectivity index (χ3v) is 3.68. The number of benzene rings is 2. The molecule has 3 rings (SSSR count). The molecule has 22 heavy (non-hydrogen) atoms. The number of amidine groups is 1. The quantitative estimate of drug-likeness (QED) is 0.253. The first-order chi connectivity index (χ1) is 10.8. The average Bonchev–Trinajstić information content (AvgIpc) is 2.97. The van der Waals surface area contributed by atoms with Crippen molar-refractivity contribution in [2.24, 2.45) is 16.8 Å². The molecule has 0 fully saturated rings. The lowest BCUT2D eigenvalue weighted by atomic mass is 10.0. The van der Waals surface area contributed by atoms with Gasteiger partial charge in [0.05, 0.1) is 5.52 Å². The van der Waals surface area contributed by atoms with Gasteiger partial charge in [0.1, 0.15) is 0 Å². The van der Waals surface area contributed by atoms with Crippen molar-refractivity contribution in [2.45, 2.75) is 12.8 Å². The number of nitrogens with one attached hydrogen (secondary N) is 2. The molecule has 6 nitrogen and oxygen atoms in total. The van der Waals surface area contributed by atoms with Crippen LogP contribution in [0.3, 0.4) is 0 Å². The Kier molecular flexibility index (Phi) is 4.02. The molecule has 0 bridgehead atoms. The molecule has 2 aromatic carbocycles. The van der Waals surface area contributed by atoms with Crippen LogP contribution in [-0.4, -0.2) is 16.0 Å². The molecule has 1 aromatic heterocycles. The number of nitrogens with two attached hydrogens (primary N) is 2. The topological polar surface area (TPSA) is 105 Å². The van der Waals surface area contributed by atoms with E-state index in [1.807, 2.05) is 24.3 Å². The van der Waals surface area contributed by atoms with Crippen molar-refractivity contribution < 1.29 is 0 Å². The lowest BCUT2D eigenvalue weighted by Crippen LogP contribution is -2.31. The summed E-state index contributed by atoms with van der Waals surface area (Å²) in [7, 11) is 0. The van der Waals surface area contributed by atoms with Gasteiger partial charge in [-0.05, 0) is 36.6 Å². The van der Waals surface area contributed by atoms with Gasteiger partial charge in [-0.1, -0.05) is 30.3 Å². The van der Waals surface area contributed by atoms with Crippen LogP contribution in [0.4, 0.5) is 0 Å². The molecule has 0 amide bonds. The minimum Gasteiger partial charge on any atom is -0.321 e. The number of aromatic nitrogens is 2. The summed E-state index contributed by atoms with van der Waals surface area (Å²) < 4.78 is 0. The fraction of sp³-hybridized carbons (Fsp3) is 0.125. The molecule has 1 heterocycles. The molecule has 112 valence electrons. The first-order valence-electron chi connectivity index (χ1n) is 7.07. The summed E-state index contributed by atoms with van der Waals surface area (Å²) in [5, 5.41) is 12.1. The minimum atomic E-state index is 0.442. The molecule has 0 aliphatic heterocycles. The van der Waals surface area contributed by atoms with E-state index in [9.17, 15) is 0 Å². The van der Waals surface area contributed by atoms with Crippen LogP contribution in [0.25, 0.3) is 10.9 Å². The third kappa shape index (κ3) is 2.77. The highest BCUT2D eigenvalue weighted by atomic mass is 15.3. The van der Waals surface area contributed by atoms with Crippen molar-refractivity contribution in [3.05, 3.63) is 65.4 Å². The van der Waals surface area contributed by atoms with E-state index in [0.717, 1.165) is 35.0 Å². The van der Waals surface area contributed by atoms with Crippen LogP contribution in [0.15, 0.2) is 53.6 Å². The van der Waals surface area contributed by atoms with E-state index < -0.39 is 0 Å². The fourth-order valence-corrected chi connectivity index (χ4v) is 2.51. The summed E-state index contributed by atoms with van der Waals surface area (Å²) in [6, 6.07) is 16.2. The second kappa shape index (κ2) is 6.28. The highest BCUT2D eigenvalue weighted by molar-refractivity contribution is 6.01. The molecule has 0 radical (unpaired) electrons. The van der Waals surface area contributed by atoms with E-state index in [0.29, 0.717) is 5.84 Å². The number of hydrogen-bond donors (Lipinski definition) is 4. The van der Waals surface area contributed by atoms with Gasteiger partial charge >= 0.3 is 0 Å². The van der Waals surface area contributed by atoms with Gasteiger partial charge in [0, 0.05) is 16.6 Å². The van der Waals surface area contributed by atoms with Crippen LogP contribution in [0.2, 0.25) is 0 Å². The Balaban J connectivity index is 1.88. The summed E-state index contributed by atoms with van der Waals surface area (Å²) >= 11 is 0.